The number of ether oxygens (including phenoxy) is 1. The lowest BCUT2D eigenvalue weighted by molar-refractivity contribution is -0.150. The third-order valence-corrected chi connectivity index (χ3v) is 3.75. The lowest BCUT2D eigenvalue weighted by Gasteiger charge is -2.30. The van der Waals surface area contributed by atoms with Crippen LogP contribution in [0.5, 0.6) is 0 Å². The van der Waals surface area contributed by atoms with Gasteiger partial charge in [0.1, 0.15) is 0 Å². The van der Waals surface area contributed by atoms with Gasteiger partial charge in [0.25, 0.3) is 0 Å². The van der Waals surface area contributed by atoms with Crippen molar-refractivity contribution < 1.29 is 9.53 Å². The van der Waals surface area contributed by atoms with E-state index >= 15 is 0 Å². The molecule has 2 heterocycles. The van der Waals surface area contributed by atoms with Crippen molar-refractivity contribution in [2.24, 2.45) is 5.92 Å². The predicted molar refractivity (Wildman–Crippen MR) is 66.7 cm³/mol. The van der Waals surface area contributed by atoms with Gasteiger partial charge in [-0.1, -0.05) is 0 Å². The summed E-state index contributed by atoms with van der Waals surface area (Å²) in [7, 11) is 0. The zero-order valence-corrected chi connectivity index (χ0v) is 10.9. The third kappa shape index (κ3) is 3.51. The molecule has 1 saturated heterocycles. The van der Waals surface area contributed by atoms with Gasteiger partial charge < -0.3 is 4.74 Å². The van der Waals surface area contributed by atoms with Gasteiger partial charge in [0.15, 0.2) is 0 Å². The smallest absolute Gasteiger partial charge is 0.310 e. The van der Waals surface area contributed by atoms with Gasteiger partial charge in [-0.05, 0) is 26.3 Å². The van der Waals surface area contributed by atoms with Gasteiger partial charge in [-0.3, -0.25) is 14.7 Å². The molecule has 1 aromatic rings. The number of hydrogen-bond donors (Lipinski definition) is 0. The van der Waals surface area contributed by atoms with Crippen molar-refractivity contribution in [3.05, 3.63) is 16.6 Å². The molecule has 1 unspecified atom stereocenters. The van der Waals surface area contributed by atoms with E-state index < -0.39 is 0 Å². The number of piperidine rings is 1. The maximum Gasteiger partial charge on any atom is 0.310 e. The highest BCUT2D eigenvalue weighted by Crippen LogP contribution is 2.20. The first-order valence-corrected chi connectivity index (χ1v) is 6.94. The summed E-state index contributed by atoms with van der Waals surface area (Å²) in [6, 6.07) is 0. The van der Waals surface area contributed by atoms with E-state index in [0.717, 1.165) is 32.5 Å². The molecule has 0 spiro atoms. The quantitative estimate of drug-likeness (QED) is 0.770. The first-order valence-electron chi connectivity index (χ1n) is 6.06. The second kappa shape index (κ2) is 6.12. The topological polar surface area (TPSA) is 42.4 Å². The molecule has 0 radical (unpaired) electrons. The number of esters is 1. The van der Waals surface area contributed by atoms with Crippen molar-refractivity contribution in [1.82, 2.24) is 9.88 Å². The van der Waals surface area contributed by atoms with E-state index in [0.29, 0.717) is 6.61 Å². The van der Waals surface area contributed by atoms with Crippen molar-refractivity contribution >= 4 is 17.3 Å². The summed E-state index contributed by atoms with van der Waals surface area (Å²) in [5.74, 6) is 0.0122. The molecule has 4 nitrogen and oxygen atoms in total. The van der Waals surface area contributed by atoms with Crippen LogP contribution in [0, 0.1) is 5.92 Å². The van der Waals surface area contributed by atoms with E-state index in [9.17, 15) is 4.79 Å². The summed E-state index contributed by atoms with van der Waals surface area (Å²) in [6.45, 7) is 5.12. The summed E-state index contributed by atoms with van der Waals surface area (Å²) < 4.78 is 5.09. The maximum atomic E-state index is 11.7. The highest BCUT2D eigenvalue weighted by atomic mass is 32.1. The minimum atomic E-state index is -0.0403. The SMILES string of the molecule is CCOC(=O)C1CCCN(Cc2cncs2)C1. The van der Waals surface area contributed by atoms with E-state index in [4.69, 9.17) is 4.74 Å². The van der Waals surface area contributed by atoms with Crippen LogP contribution in [0.25, 0.3) is 0 Å². The van der Waals surface area contributed by atoms with Crippen LogP contribution in [0.4, 0.5) is 0 Å². The Kier molecular flexibility index (Phi) is 4.50. The Morgan fingerprint density at radius 3 is 3.29 bits per heavy atom. The molecule has 1 aliphatic heterocycles. The van der Waals surface area contributed by atoms with Crippen molar-refractivity contribution in [3.63, 3.8) is 0 Å². The lowest BCUT2D eigenvalue weighted by atomic mass is 9.98. The maximum absolute atomic E-state index is 11.7. The van der Waals surface area contributed by atoms with Crippen LogP contribution in [0.3, 0.4) is 0 Å². The summed E-state index contributed by atoms with van der Waals surface area (Å²) in [5.41, 5.74) is 1.85. The Morgan fingerprint density at radius 2 is 2.59 bits per heavy atom. The monoisotopic (exact) mass is 254 g/mol. The van der Waals surface area contributed by atoms with Gasteiger partial charge in [0.2, 0.25) is 0 Å². The van der Waals surface area contributed by atoms with E-state index in [1.54, 1.807) is 11.3 Å². The second-order valence-corrected chi connectivity index (χ2v) is 5.26. The Hall–Kier alpha value is -0.940. The predicted octanol–water partition coefficient (Wildman–Crippen LogP) is 1.92. The molecule has 5 heteroatoms. The Bertz CT molecular complexity index is 353. The summed E-state index contributed by atoms with van der Waals surface area (Å²) in [4.78, 5) is 19.3. The zero-order chi connectivity index (χ0) is 12.1. The third-order valence-electron chi connectivity index (χ3n) is 2.99. The van der Waals surface area contributed by atoms with E-state index in [2.05, 4.69) is 9.88 Å². The van der Waals surface area contributed by atoms with Crippen LogP contribution in [0.15, 0.2) is 11.7 Å². The Morgan fingerprint density at radius 1 is 1.71 bits per heavy atom. The number of thiazole rings is 1. The molecule has 1 atom stereocenters. The molecule has 2 rings (SSSR count). The lowest BCUT2D eigenvalue weighted by Crippen LogP contribution is -2.38. The van der Waals surface area contributed by atoms with Crippen molar-refractivity contribution in [2.75, 3.05) is 19.7 Å². The van der Waals surface area contributed by atoms with Gasteiger partial charge >= 0.3 is 5.97 Å². The fourth-order valence-corrected chi connectivity index (χ4v) is 2.83. The molecule has 17 heavy (non-hydrogen) atoms. The van der Waals surface area contributed by atoms with Crippen LogP contribution in [-0.4, -0.2) is 35.5 Å². The van der Waals surface area contributed by atoms with Crippen molar-refractivity contribution in [3.8, 4) is 0 Å². The van der Waals surface area contributed by atoms with Crippen molar-refractivity contribution in [2.45, 2.75) is 26.3 Å². The van der Waals surface area contributed by atoms with E-state index in [-0.39, 0.29) is 11.9 Å². The molecule has 0 bridgehead atoms. The number of likely N-dealkylation sites (tertiary alicyclic amines) is 1. The van der Waals surface area contributed by atoms with E-state index in [1.165, 1.54) is 4.88 Å². The summed E-state index contributed by atoms with van der Waals surface area (Å²) >= 11 is 1.67. The van der Waals surface area contributed by atoms with E-state index in [1.807, 2.05) is 18.6 Å². The summed E-state index contributed by atoms with van der Waals surface area (Å²) in [5, 5.41) is 0. The zero-order valence-electron chi connectivity index (χ0n) is 10.1. The van der Waals surface area contributed by atoms with Crippen LogP contribution < -0.4 is 0 Å². The first-order chi connectivity index (χ1) is 8.29. The molecule has 0 saturated carbocycles. The Balaban J connectivity index is 1.86. The molecule has 0 N–H and O–H groups in total. The molecule has 0 amide bonds. The molecule has 1 aromatic heterocycles. The van der Waals surface area contributed by atoms with Crippen LogP contribution in [0.1, 0.15) is 24.6 Å². The highest BCUT2D eigenvalue weighted by Gasteiger charge is 2.26. The molecule has 1 fully saturated rings. The number of hydrogen-bond acceptors (Lipinski definition) is 5. The number of rotatable bonds is 4. The average molecular weight is 254 g/mol. The van der Waals surface area contributed by atoms with Gasteiger partial charge in [0, 0.05) is 24.2 Å². The van der Waals surface area contributed by atoms with Gasteiger partial charge in [-0.25, -0.2) is 0 Å². The molecule has 1 aliphatic rings. The van der Waals surface area contributed by atoms with Crippen LogP contribution >= 0.6 is 11.3 Å². The number of aromatic nitrogens is 1. The second-order valence-electron chi connectivity index (χ2n) is 4.29. The molecular formula is C12H18N2O2S. The normalized spacial score (nSPS) is 21.4. The molecule has 94 valence electrons. The fourth-order valence-electron chi connectivity index (χ4n) is 2.19. The molecule has 0 aromatic carbocycles. The summed E-state index contributed by atoms with van der Waals surface area (Å²) in [6.07, 6.45) is 3.93. The van der Waals surface area contributed by atoms with Gasteiger partial charge in [-0.15, -0.1) is 11.3 Å². The van der Waals surface area contributed by atoms with Gasteiger partial charge in [-0.2, -0.15) is 0 Å². The highest BCUT2D eigenvalue weighted by molar-refractivity contribution is 7.09. The number of carbonyl (C=O) groups excluding carboxylic acids is 1. The minimum Gasteiger partial charge on any atom is -0.466 e. The molecular weight excluding hydrogens is 236 g/mol. The number of nitrogens with zero attached hydrogens (tertiary/aromatic N) is 2. The minimum absolute atomic E-state index is 0.0403. The fraction of sp³-hybridized carbons (Fsp3) is 0.667. The van der Waals surface area contributed by atoms with Gasteiger partial charge in [0.05, 0.1) is 18.0 Å². The largest absolute Gasteiger partial charge is 0.466 e. The van der Waals surface area contributed by atoms with Crippen LogP contribution in [-0.2, 0) is 16.1 Å². The first kappa shape index (κ1) is 12.5. The Labute approximate surface area is 106 Å². The average Bonchev–Trinajstić information content (AvgIpc) is 2.82. The van der Waals surface area contributed by atoms with Crippen molar-refractivity contribution in [1.29, 1.82) is 0 Å². The van der Waals surface area contributed by atoms with Crippen LogP contribution in [0.2, 0.25) is 0 Å². The number of carbonyl (C=O) groups is 1. The standard InChI is InChI=1S/C12H18N2O2S/c1-2-16-12(15)10-4-3-5-14(7-10)8-11-6-13-9-17-11/h6,9-10H,2-5,7-8H2,1H3. The molecule has 0 aliphatic carbocycles.